The highest BCUT2D eigenvalue weighted by atomic mass is 32.1. The van der Waals surface area contributed by atoms with Crippen molar-refractivity contribution >= 4 is 21.4 Å². The summed E-state index contributed by atoms with van der Waals surface area (Å²) >= 11 is 1.71. The number of hydrogen-bond acceptors (Lipinski definition) is 2. The molecule has 0 amide bonds. The molecule has 0 aliphatic rings. The standard InChI is InChI=1S/C14H18OS/c1-9(2)10(3)14(15)12-8-16-13-7-5-4-6-11(12)13/h4-10,14-15H,1-3H3. The Bertz CT molecular complexity index is 472. The molecule has 1 aromatic carbocycles. The van der Waals surface area contributed by atoms with Crippen LogP contribution in [0.25, 0.3) is 10.1 Å². The lowest BCUT2D eigenvalue weighted by Gasteiger charge is -2.22. The van der Waals surface area contributed by atoms with Gasteiger partial charge in [-0.25, -0.2) is 0 Å². The average Bonchev–Trinajstić information content (AvgIpc) is 2.70. The Kier molecular flexibility index (Phi) is 3.31. The lowest BCUT2D eigenvalue weighted by Crippen LogP contribution is -2.14. The van der Waals surface area contributed by atoms with Crippen molar-refractivity contribution in [2.45, 2.75) is 26.9 Å². The predicted octanol–water partition coefficient (Wildman–Crippen LogP) is 4.23. The molecule has 16 heavy (non-hydrogen) atoms. The monoisotopic (exact) mass is 234 g/mol. The van der Waals surface area contributed by atoms with E-state index >= 15 is 0 Å². The summed E-state index contributed by atoms with van der Waals surface area (Å²) < 4.78 is 1.26. The summed E-state index contributed by atoms with van der Waals surface area (Å²) in [5, 5.41) is 13.6. The fourth-order valence-corrected chi connectivity index (χ4v) is 2.87. The quantitative estimate of drug-likeness (QED) is 0.842. The van der Waals surface area contributed by atoms with Crippen molar-refractivity contribution in [2.75, 3.05) is 0 Å². The Morgan fingerprint density at radius 1 is 1.12 bits per heavy atom. The highest BCUT2D eigenvalue weighted by Gasteiger charge is 2.21. The van der Waals surface area contributed by atoms with E-state index in [4.69, 9.17) is 0 Å². The molecule has 0 bridgehead atoms. The largest absolute Gasteiger partial charge is 0.388 e. The molecule has 0 spiro atoms. The normalized spacial score (nSPS) is 15.6. The van der Waals surface area contributed by atoms with E-state index in [1.165, 1.54) is 10.1 Å². The minimum Gasteiger partial charge on any atom is -0.388 e. The van der Waals surface area contributed by atoms with Gasteiger partial charge in [0.1, 0.15) is 0 Å². The second kappa shape index (κ2) is 4.56. The lowest BCUT2D eigenvalue weighted by atomic mass is 9.88. The minimum absolute atomic E-state index is 0.290. The Morgan fingerprint density at radius 3 is 2.50 bits per heavy atom. The number of thiophene rings is 1. The Balaban J connectivity index is 2.40. The maximum Gasteiger partial charge on any atom is 0.0832 e. The van der Waals surface area contributed by atoms with E-state index in [-0.39, 0.29) is 12.0 Å². The number of aliphatic hydroxyl groups excluding tert-OH is 1. The van der Waals surface area contributed by atoms with Crippen LogP contribution < -0.4 is 0 Å². The third kappa shape index (κ3) is 2.00. The van der Waals surface area contributed by atoms with Crippen LogP contribution in [0.15, 0.2) is 29.6 Å². The molecule has 2 heteroatoms. The van der Waals surface area contributed by atoms with Gasteiger partial charge in [0.25, 0.3) is 0 Å². The zero-order chi connectivity index (χ0) is 11.7. The van der Waals surface area contributed by atoms with Crippen LogP contribution in [-0.4, -0.2) is 5.11 Å². The van der Waals surface area contributed by atoms with E-state index < -0.39 is 0 Å². The Morgan fingerprint density at radius 2 is 1.81 bits per heavy atom. The Hall–Kier alpha value is -0.860. The predicted molar refractivity (Wildman–Crippen MR) is 70.8 cm³/mol. The molecule has 0 aliphatic heterocycles. The molecule has 1 aromatic heterocycles. The summed E-state index contributed by atoms with van der Waals surface area (Å²) in [7, 11) is 0. The number of hydrogen-bond donors (Lipinski definition) is 1. The van der Waals surface area contributed by atoms with Crippen molar-refractivity contribution in [2.24, 2.45) is 11.8 Å². The average molecular weight is 234 g/mol. The van der Waals surface area contributed by atoms with Gasteiger partial charge in [0, 0.05) is 4.70 Å². The number of aliphatic hydroxyl groups is 1. The fourth-order valence-electron chi connectivity index (χ4n) is 1.88. The Labute approximate surface area is 101 Å². The molecule has 2 rings (SSSR count). The summed E-state index contributed by atoms with van der Waals surface area (Å²) in [6.07, 6.45) is -0.351. The second-order valence-electron chi connectivity index (χ2n) is 4.74. The number of fused-ring (bicyclic) bond motifs is 1. The van der Waals surface area contributed by atoms with E-state index in [0.29, 0.717) is 5.92 Å². The van der Waals surface area contributed by atoms with Crippen molar-refractivity contribution in [3.63, 3.8) is 0 Å². The van der Waals surface area contributed by atoms with Crippen molar-refractivity contribution in [3.05, 3.63) is 35.2 Å². The van der Waals surface area contributed by atoms with Gasteiger partial charge < -0.3 is 5.11 Å². The van der Waals surface area contributed by atoms with Gasteiger partial charge in [-0.3, -0.25) is 0 Å². The summed E-state index contributed by atoms with van der Waals surface area (Å²) in [4.78, 5) is 0. The van der Waals surface area contributed by atoms with Gasteiger partial charge in [0.2, 0.25) is 0 Å². The molecule has 0 aliphatic carbocycles. The molecule has 2 atom stereocenters. The molecule has 1 N–H and O–H groups in total. The molecular formula is C14H18OS. The first kappa shape index (κ1) is 11.6. The third-order valence-corrected chi connectivity index (χ3v) is 4.36. The van der Waals surface area contributed by atoms with Crippen molar-refractivity contribution in [3.8, 4) is 0 Å². The van der Waals surface area contributed by atoms with Gasteiger partial charge >= 0.3 is 0 Å². The van der Waals surface area contributed by atoms with Crippen molar-refractivity contribution in [1.82, 2.24) is 0 Å². The molecule has 1 heterocycles. The van der Waals surface area contributed by atoms with Gasteiger partial charge in [-0.05, 0) is 34.2 Å². The first-order chi connectivity index (χ1) is 7.61. The number of rotatable bonds is 3. The first-order valence-corrected chi connectivity index (χ1v) is 6.63. The maximum absolute atomic E-state index is 10.4. The topological polar surface area (TPSA) is 20.2 Å². The van der Waals surface area contributed by atoms with Crippen molar-refractivity contribution < 1.29 is 5.11 Å². The lowest BCUT2D eigenvalue weighted by molar-refractivity contribution is 0.0937. The molecule has 0 saturated carbocycles. The molecule has 0 radical (unpaired) electrons. The molecule has 1 nitrogen and oxygen atoms in total. The minimum atomic E-state index is -0.351. The maximum atomic E-state index is 10.4. The van der Waals surface area contributed by atoms with Crippen LogP contribution in [0.3, 0.4) is 0 Å². The molecular weight excluding hydrogens is 216 g/mol. The van der Waals surface area contributed by atoms with Crippen LogP contribution in [0.5, 0.6) is 0 Å². The molecule has 0 saturated heterocycles. The molecule has 86 valence electrons. The van der Waals surface area contributed by atoms with Gasteiger partial charge in [-0.15, -0.1) is 11.3 Å². The number of benzene rings is 1. The van der Waals surface area contributed by atoms with Gasteiger partial charge in [0.15, 0.2) is 0 Å². The van der Waals surface area contributed by atoms with E-state index in [1.54, 1.807) is 11.3 Å². The zero-order valence-electron chi connectivity index (χ0n) is 9.97. The summed E-state index contributed by atoms with van der Waals surface area (Å²) in [6, 6.07) is 8.28. The SMILES string of the molecule is CC(C)C(C)C(O)c1csc2ccccc12. The summed E-state index contributed by atoms with van der Waals surface area (Å²) in [5.41, 5.74) is 1.09. The van der Waals surface area contributed by atoms with E-state index in [9.17, 15) is 5.11 Å². The summed E-state index contributed by atoms with van der Waals surface area (Å²) in [5.74, 6) is 0.784. The third-order valence-electron chi connectivity index (χ3n) is 3.38. The van der Waals surface area contributed by atoms with Gasteiger partial charge in [-0.1, -0.05) is 39.0 Å². The van der Waals surface area contributed by atoms with Crippen LogP contribution in [0.1, 0.15) is 32.4 Å². The second-order valence-corrected chi connectivity index (χ2v) is 5.65. The van der Waals surface area contributed by atoms with Crippen LogP contribution in [0, 0.1) is 11.8 Å². The van der Waals surface area contributed by atoms with Crippen LogP contribution in [0.2, 0.25) is 0 Å². The summed E-state index contributed by atoms with van der Waals surface area (Å²) in [6.45, 7) is 6.42. The molecule has 2 unspecified atom stereocenters. The molecule has 2 aromatic rings. The zero-order valence-corrected chi connectivity index (χ0v) is 10.8. The highest BCUT2D eigenvalue weighted by Crippen LogP contribution is 2.35. The van der Waals surface area contributed by atoms with Gasteiger partial charge in [-0.2, -0.15) is 0 Å². The van der Waals surface area contributed by atoms with Crippen LogP contribution in [0.4, 0.5) is 0 Å². The van der Waals surface area contributed by atoms with E-state index in [2.05, 4.69) is 38.3 Å². The van der Waals surface area contributed by atoms with Gasteiger partial charge in [0.05, 0.1) is 6.10 Å². The van der Waals surface area contributed by atoms with E-state index in [0.717, 1.165) is 5.56 Å². The fraction of sp³-hybridized carbons (Fsp3) is 0.429. The van der Waals surface area contributed by atoms with Crippen LogP contribution in [-0.2, 0) is 0 Å². The van der Waals surface area contributed by atoms with E-state index in [1.807, 2.05) is 12.1 Å². The smallest absolute Gasteiger partial charge is 0.0832 e. The first-order valence-electron chi connectivity index (χ1n) is 5.75. The molecule has 0 fully saturated rings. The highest BCUT2D eigenvalue weighted by molar-refractivity contribution is 7.17. The van der Waals surface area contributed by atoms with Crippen LogP contribution >= 0.6 is 11.3 Å². The van der Waals surface area contributed by atoms with Crippen molar-refractivity contribution in [1.29, 1.82) is 0 Å².